The van der Waals surface area contributed by atoms with Crippen LogP contribution in [0.1, 0.15) is 38.7 Å². The number of benzene rings is 1. The van der Waals surface area contributed by atoms with Crippen molar-refractivity contribution in [2.24, 2.45) is 0 Å². The van der Waals surface area contributed by atoms with Gasteiger partial charge in [0.05, 0.1) is 11.4 Å². The topological polar surface area (TPSA) is 95.6 Å². The van der Waals surface area contributed by atoms with Crippen molar-refractivity contribution in [1.82, 2.24) is 10.0 Å². The van der Waals surface area contributed by atoms with Crippen molar-refractivity contribution >= 4 is 27.5 Å². The number of hydrogen-bond donors (Lipinski definition) is 2. The highest BCUT2D eigenvalue weighted by molar-refractivity contribution is 7.89. The Labute approximate surface area is 148 Å². The van der Waals surface area contributed by atoms with E-state index in [1.807, 2.05) is 0 Å². The number of fused-ring (bicyclic) bond motifs is 1. The first-order valence-corrected chi connectivity index (χ1v) is 10.0. The molecule has 1 aliphatic rings. The van der Waals surface area contributed by atoms with E-state index in [2.05, 4.69) is 17.0 Å². The normalized spacial score (nSPS) is 13.6. The lowest BCUT2D eigenvalue weighted by Crippen LogP contribution is -2.37. The molecule has 0 unspecified atom stereocenters. The zero-order valence-corrected chi connectivity index (χ0v) is 15.5. The minimum atomic E-state index is -3.76. The number of rotatable bonds is 8. The molecule has 1 aromatic carbocycles. The second kappa shape index (κ2) is 8.44. The average Bonchev–Trinajstić information content (AvgIpc) is 3.00. The Hall–Kier alpha value is -1.93. The van der Waals surface area contributed by atoms with Gasteiger partial charge in [-0.3, -0.25) is 9.59 Å². The molecule has 0 radical (unpaired) electrons. The molecule has 0 saturated carbocycles. The van der Waals surface area contributed by atoms with Crippen LogP contribution in [-0.4, -0.2) is 39.9 Å². The van der Waals surface area contributed by atoms with Gasteiger partial charge in [-0.2, -0.15) is 0 Å². The molecule has 1 heterocycles. The van der Waals surface area contributed by atoms with Gasteiger partial charge in [-0.25, -0.2) is 13.1 Å². The Balaban J connectivity index is 1.96. The minimum Gasteiger partial charge on any atom is -0.355 e. The molecular weight excluding hydrogens is 342 g/mol. The molecule has 0 bridgehead atoms. The lowest BCUT2D eigenvalue weighted by atomic mass is 10.2. The molecule has 7 nitrogen and oxygen atoms in total. The third kappa shape index (κ3) is 5.02. The summed E-state index contributed by atoms with van der Waals surface area (Å²) in [5.74, 6) is -0.407. The second-order valence-corrected chi connectivity index (χ2v) is 7.86. The smallest absolute Gasteiger partial charge is 0.241 e. The predicted molar refractivity (Wildman–Crippen MR) is 95.9 cm³/mol. The van der Waals surface area contributed by atoms with Gasteiger partial charge in [-0.05, 0) is 36.6 Å². The van der Waals surface area contributed by atoms with Gasteiger partial charge in [0, 0.05) is 25.7 Å². The number of carbonyl (C=O) groups is 2. The summed E-state index contributed by atoms with van der Waals surface area (Å²) in [6, 6.07) is 4.67. The Morgan fingerprint density at radius 3 is 2.68 bits per heavy atom. The number of anilines is 1. The summed E-state index contributed by atoms with van der Waals surface area (Å²) in [7, 11) is -3.76. The fourth-order valence-electron chi connectivity index (χ4n) is 2.78. The van der Waals surface area contributed by atoms with Crippen LogP contribution in [0.5, 0.6) is 0 Å². The van der Waals surface area contributed by atoms with E-state index in [1.165, 1.54) is 13.0 Å². The highest BCUT2D eigenvalue weighted by Gasteiger charge is 2.24. The summed E-state index contributed by atoms with van der Waals surface area (Å²) >= 11 is 0. The summed E-state index contributed by atoms with van der Waals surface area (Å²) in [6.45, 7) is 4.38. The van der Waals surface area contributed by atoms with E-state index in [1.54, 1.807) is 17.0 Å². The Morgan fingerprint density at radius 2 is 2.00 bits per heavy atom. The minimum absolute atomic E-state index is 0.0628. The molecular formula is C17H25N3O4S. The molecule has 2 amide bonds. The van der Waals surface area contributed by atoms with E-state index in [4.69, 9.17) is 0 Å². The van der Waals surface area contributed by atoms with Crippen molar-refractivity contribution in [3.63, 3.8) is 0 Å². The number of carbonyl (C=O) groups excluding carboxylic acids is 2. The zero-order valence-electron chi connectivity index (χ0n) is 14.7. The van der Waals surface area contributed by atoms with Crippen LogP contribution < -0.4 is 14.9 Å². The van der Waals surface area contributed by atoms with E-state index in [0.717, 1.165) is 30.5 Å². The maximum atomic E-state index is 12.4. The SMILES string of the molecule is CCCCCNC(=O)CNS(=O)(=O)c1ccc2c(c1)CCN2C(C)=O. The molecule has 0 spiro atoms. The summed E-state index contributed by atoms with van der Waals surface area (Å²) < 4.78 is 27.0. The third-order valence-corrected chi connectivity index (χ3v) is 5.56. The van der Waals surface area contributed by atoms with Crippen LogP contribution in [0.4, 0.5) is 5.69 Å². The van der Waals surface area contributed by atoms with Gasteiger partial charge in [-0.1, -0.05) is 19.8 Å². The van der Waals surface area contributed by atoms with Crippen molar-refractivity contribution < 1.29 is 18.0 Å². The van der Waals surface area contributed by atoms with E-state index >= 15 is 0 Å². The Bertz CT molecular complexity index is 746. The van der Waals surface area contributed by atoms with Crippen LogP contribution >= 0.6 is 0 Å². The van der Waals surface area contributed by atoms with Crippen molar-refractivity contribution in [2.45, 2.75) is 44.4 Å². The fraction of sp³-hybridized carbons (Fsp3) is 0.529. The number of unbranched alkanes of at least 4 members (excludes halogenated alkanes) is 2. The molecule has 2 rings (SSSR count). The molecule has 0 atom stereocenters. The van der Waals surface area contributed by atoms with Gasteiger partial charge in [0.15, 0.2) is 0 Å². The van der Waals surface area contributed by atoms with E-state index in [9.17, 15) is 18.0 Å². The first-order chi connectivity index (χ1) is 11.8. The first-order valence-electron chi connectivity index (χ1n) is 8.52. The second-order valence-electron chi connectivity index (χ2n) is 6.09. The summed E-state index contributed by atoms with van der Waals surface area (Å²) in [4.78, 5) is 25.0. The average molecular weight is 367 g/mol. The molecule has 8 heteroatoms. The largest absolute Gasteiger partial charge is 0.355 e. The monoisotopic (exact) mass is 367 g/mol. The molecule has 0 aromatic heterocycles. The Morgan fingerprint density at radius 1 is 1.24 bits per heavy atom. The molecule has 2 N–H and O–H groups in total. The van der Waals surface area contributed by atoms with Gasteiger partial charge in [0.1, 0.15) is 0 Å². The number of amides is 2. The van der Waals surface area contributed by atoms with Crippen LogP contribution in [0.15, 0.2) is 23.1 Å². The van der Waals surface area contributed by atoms with Crippen molar-refractivity contribution in [3.05, 3.63) is 23.8 Å². The summed E-state index contributed by atoms with van der Waals surface area (Å²) in [6.07, 6.45) is 3.59. The van der Waals surface area contributed by atoms with Crippen LogP contribution in [0.25, 0.3) is 0 Å². The quantitative estimate of drug-likeness (QED) is 0.675. The number of nitrogens with zero attached hydrogens (tertiary/aromatic N) is 1. The van der Waals surface area contributed by atoms with Gasteiger partial charge >= 0.3 is 0 Å². The van der Waals surface area contributed by atoms with Crippen molar-refractivity contribution in [3.8, 4) is 0 Å². The zero-order chi connectivity index (χ0) is 18.4. The van der Waals surface area contributed by atoms with Gasteiger partial charge in [0.2, 0.25) is 21.8 Å². The van der Waals surface area contributed by atoms with E-state index in [-0.39, 0.29) is 23.3 Å². The highest BCUT2D eigenvalue weighted by Crippen LogP contribution is 2.30. The van der Waals surface area contributed by atoms with Crippen LogP contribution in [0, 0.1) is 0 Å². The molecule has 25 heavy (non-hydrogen) atoms. The van der Waals surface area contributed by atoms with Crippen molar-refractivity contribution in [1.29, 1.82) is 0 Å². The molecule has 0 fully saturated rings. The molecule has 1 aliphatic heterocycles. The van der Waals surface area contributed by atoms with Crippen LogP contribution in [0.3, 0.4) is 0 Å². The molecule has 0 aliphatic carbocycles. The van der Waals surface area contributed by atoms with Gasteiger partial charge < -0.3 is 10.2 Å². The van der Waals surface area contributed by atoms with Gasteiger partial charge in [0.25, 0.3) is 0 Å². The maximum absolute atomic E-state index is 12.4. The Kier molecular flexibility index (Phi) is 6.55. The number of hydrogen-bond acceptors (Lipinski definition) is 4. The van der Waals surface area contributed by atoms with E-state index < -0.39 is 10.0 Å². The summed E-state index contributed by atoms with van der Waals surface area (Å²) in [5, 5.41) is 2.69. The third-order valence-electron chi connectivity index (χ3n) is 4.16. The van der Waals surface area contributed by atoms with Gasteiger partial charge in [-0.15, -0.1) is 0 Å². The number of sulfonamides is 1. The highest BCUT2D eigenvalue weighted by atomic mass is 32.2. The predicted octanol–water partition coefficient (Wildman–Crippen LogP) is 1.18. The number of nitrogens with one attached hydrogen (secondary N) is 2. The first kappa shape index (κ1) is 19.4. The lowest BCUT2D eigenvalue weighted by molar-refractivity contribution is -0.120. The van der Waals surface area contributed by atoms with Crippen LogP contribution in [-0.2, 0) is 26.0 Å². The fourth-order valence-corrected chi connectivity index (χ4v) is 3.81. The molecule has 0 saturated heterocycles. The maximum Gasteiger partial charge on any atom is 0.241 e. The standard InChI is InChI=1S/C17H25N3O4S/c1-3-4-5-9-18-17(22)12-19-25(23,24)15-6-7-16-14(11-15)8-10-20(16)13(2)21/h6-7,11,19H,3-5,8-10,12H2,1-2H3,(H,18,22). The van der Waals surface area contributed by atoms with E-state index in [0.29, 0.717) is 19.5 Å². The van der Waals surface area contributed by atoms with Crippen molar-refractivity contribution in [2.75, 3.05) is 24.5 Å². The van der Waals surface area contributed by atoms with Crippen LogP contribution in [0.2, 0.25) is 0 Å². The molecule has 138 valence electrons. The summed E-state index contributed by atoms with van der Waals surface area (Å²) in [5.41, 5.74) is 1.57. The lowest BCUT2D eigenvalue weighted by Gasteiger charge is -2.15. The molecule has 1 aromatic rings.